The second kappa shape index (κ2) is 5.61. The predicted molar refractivity (Wildman–Crippen MR) is 77.0 cm³/mol. The van der Waals surface area contributed by atoms with Gasteiger partial charge in [-0.15, -0.1) is 0 Å². The van der Waals surface area contributed by atoms with Crippen molar-refractivity contribution < 1.29 is 8.42 Å². The molecule has 1 aliphatic rings. The molecule has 1 aromatic carbocycles. The molecule has 0 bridgehead atoms. The second-order valence-electron chi connectivity index (χ2n) is 5.42. The topological polar surface area (TPSA) is 49.4 Å². The van der Waals surface area contributed by atoms with Crippen LogP contribution >= 0.6 is 0 Å². The molecule has 1 aliphatic heterocycles. The van der Waals surface area contributed by atoms with Gasteiger partial charge in [0.1, 0.15) is 0 Å². The van der Waals surface area contributed by atoms with Gasteiger partial charge in [0.05, 0.1) is 10.6 Å². The largest absolute Gasteiger partial charge is 0.308 e. The third-order valence-electron chi connectivity index (χ3n) is 3.85. The molecule has 0 aliphatic carbocycles. The second-order valence-corrected chi connectivity index (χ2v) is 7.50. The molecule has 0 saturated heterocycles. The summed E-state index contributed by atoms with van der Waals surface area (Å²) in [5.41, 5.74) is 0.916. The van der Waals surface area contributed by atoms with Crippen LogP contribution in [-0.4, -0.2) is 45.8 Å². The number of hydrogen-bond donors (Lipinski definition) is 1. The van der Waals surface area contributed by atoms with Crippen molar-refractivity contribution in [2.24, 2.45) is 0 Å². The molecule has 0 radical (unpaired) electrons. The highest BCUT2D eigenvalue weighted by atomic mass is 32.2. The lowest BCUT2D eigenvalue weighted by molar-refractivity contribution is 0.291. The van der Waals surface area contributed by atoms with Crippen molar-refractivity contribution in [3.05, 3.63) is 29.8 Å². The first-order valence-corrected chi connectivity index (χ1v) is 8.28. The number of sulfone groups is 1. The minimum absolute atomic E-state index is 0.141. The van der Waals surface area contributed by atoms with E-state index in [0.29, 0.717) is 17.4 Å². The van der Waals surface area contributed by atoms with Crippen molar-refractivity contribution in [3.8, 4) is 0 Å². The van der Waals surface area contributed by atoms with E-state index >= 15 is 0 Å². The molecule has 2 rings (SSSR count). The molecule has 0 saturated carbocycles. The number of nitrogens with one attached hydrogen (secondary N) is 1. The van der Waals surface area contributed by atoms with Gasteiger partial charge >= 0.3 is 0 Å². The molecular weight excluding hydrogens is 260 g/mol. The monoisotopic (exact) mass is 282 g/mol. The summed E-state index contributed by atoms with van der Waals surface area (Å²) < 4.78 is 24.1. The van der Waals surface area contributed by atoms with Crippen LogP contribution in [0.2, 0.25) is 0 Å². The number of benzene rings is 1. The van der Waals surface area contributed by atoms with Crippen LogP contribution in [0.4, 0.5) is 0 Å². The molecule has 0 aromatic heterocycles. The minimum Gasteiger partial charge on any atom is -0.308 e. The summed E-state index contributed by atoms with van der Waals surface area (Å²) in [6.07, 6.45) is 0.652. The molecule has 19 heavy (non-hydrogen) atoms. The summed E-state index contributed by atoms with van der Waals surface area (Å²) in [6.45, 7) is 3.00. The van der Waals surface area contributed by atoms with Gasteiger partial charge < -0.3 is 10.2 Å². The van der Waals surface area contributed by atoms with Crippen molar-refractivity contribution in [1.82, 2.24) is 10.2 Å². The average Bonchev–Trinajstić information content (AvgIpc) is 2.37. The zero-order chi connectivity index (χ0) is 14.0. The Labute approximate surface area is 115 Å². The van der Waals surface area contributed by atoms with E-state index < -0.39 is 9.84 Å². The summed E-state index contributed by atoms with van der Waals surface area (Å²) in [5, 5.41) is 3.49. The Hall–Kier alpha value is -0.910. The van der Waals surface area contributed by atoms with Crippen LogP contribution in [-0.2, 0) is 9.84 Å². The Balaban J connectivity index is 2.17. The zero-order valence-electron chi connectivity index (χ0n) is 11.8. The number of rotatable bonds is 4. The van der Waals surface area contributed by atoms with Crippen LogP contribution in [0.5, 0.6) is 0 Å². The van der Waals surface area contributed by atoms with Gasteiger partial charge in [-0.1, -0.05) is 18.2 Å². The number of fused-ring (bicyclic) bond motifs is 1. The smallest absolute Gasteiger partial charge is 0.178 e. The van der Waals surface area contributed by atoms with Gasteiger partial charge in [0.2, 0.25) is 0 Å². The first kappa shape index (κ1) is 14.5. The van der Waals surface area contributed by atoms with Crippen LogP contribution in [0, 0.1) is 0 Å². The number of nitrogens with zero attached hydrogens (tertiary/aromatic N) is 1. The third kappa shape index (κ3) is 3.16. The third-order valence-corrected chi connectivity index (χ3v) is 5.66. The van der Waals surface area contributed by atoms with Crippen molar-refractivity contribution in [3.63, 3.8) is 0 Å². The van der Waals surface area contributed by atoms with Crippen LogP contribution in [0.3, 0.4) is 0 Å². The van der Waals surface area contributed by atoms with Crippen molar-refractivity contribution in [2.45, 2.75) is 30.3 Å². The van der Waals surface area contributed by atoms with E-state index in [1.54, 1.807) is 12.1 Å². The maximum Gasteiger partial charge on any atom is 0.178 e. The lowest BCUT2D eigenvalue weighted by Crippen LogP contribution is -2.39. The fourth-order valence-electron chi connectivity index (χ4n) is 2.30. The van der Waals surface area contributed by atoms with Crippen molar-refractivity contribution in [1.29, 1.82) is 0 Å². The first-order chi connectivity index (χ1) is 8.92. The quantitative estimate of drug-likeness (QED) is 0.908. The normalized spacial score (nSPS) is 23.1. The van der Waals surface area contributed by atoms with E-state index in [1.165, 1.54) is 0 Å². The van der Waals surface area contributed by atoms with E-state index in [-0.39, 0.29) is 11.8 Å². The fourth-order valence-corrected chi connectivity index (χ4v) is 3.92. The SMILES string of the molecule is CC(CNC1CCS(=O)(=O)c2ccccc21)N(C)C. The molecule has 2 atom stereocenters. The highest BCUT2D eigenvalue weighted by Gasteiger charge is 2.29. The van der Waals surface area contributed by atoms with Gasteiger partial charge in [-0.05, 0) is 39.1 Å². The highest BCUT2D eigenvalue weighted by Crippen LogP contribution is 2.31. The molecule has 1 N–H and O–H groups in total. The Bertz CT molecular complexity index is 540. The van der Waals surface area contributed by atoms with E-state index in [4.69, 9.17) is 0 Å². The molecule has 0 spiro atoms. The average molecular weight is 282 g/mol. The number of hydrogen-bond acceptors (Lipinski definition) is 4. The predicted octanol–water partition coefficient (Wildman–Crippen LogP) is 1.44. The molecule has 1 aromatic rings. The molecule has 106 valence electrons. The summed E-state index contributed by atoms with van der Waals surface area (Å²) >= 11 is 0. The maximum atomic E-state index is 12.0. The van der Waals surface area contributed by atoms with Gasteiger partial charge in [-0.25, -0.2) is 8.42 Å². The lowest BCUT2D eigenvalue weighted by atomic mass is 10.0. The lowest BCUT2D eigenvalue weighted by Gasteiger charge is -2.29. The summed E-state index contributed by atoms with van der Waals surface area (Å²) in [6, 6.07) is 7.90. The molecule has 5 heteroatoms. The standard InChI is InChI=1S/C14H22N2O2S/c1-11(16(2)3)10-15-13-8-9-19(17,18)14-7-5-4-6-12(13)14/h4-7,11,13,15H,8-10H2,1-3H3. The van der Waals surface area contributed by atoms with Crippen LogP contribution < -0.4 is 5.32 Å². The molecule has 0 amide bonds. The summed E-state index contributed by atoms with van der Waals surface area (Å²) in [5.74, 6) is 0.234. The van der Waals surface area contributed by atoms with Crippen LogP contribution in [0.15, 0.2) is 29.2 Å². The highest BCUT2D eigenvalue weighted by molar-refractivity contribution is 7.91. The van der Waals surface area contributed by atoms with Crippen LogP contribution in [0.1, 0.15) is 24.9 Å². The van der Waals surface area contributed by atoms with Gasteiger partial charge in [-0.2, -0.15) is 0 Å². The van der Waals surface area contributed by atoms with Gasteiger partial charge in [-0.3, -0.25) is 0 Å². The van der Waals surface area contributed by atoms with Crippen molar-refractivity contribution in [2.75, 3.05) is 26.4 Å². The van der Waals surface area contributed by atoms with Crippen LogP contribution in [0.25, 0.3) is 0 Å². The summed E-state index contributed by atoms with van der Waals surface area (Å²) in [7, 11) is 1.01. The Morgan fingerprint density at radius 2 is 2.05 bits per heavy atom. The van der Waals surface area contributed by atoms with E-state index in [1.807, 2.05) is 26.2 Å². The zero-order valence-corrected chi connectivity index (χ0v) is 12.6. The van der Waals surface area contributed by atoms with Gasteiger partial charge in [0.15, 0.2) is 9.84 Å². The molecule has 4 nitrogen and oxygen atoms in total. The Morgan fingerprint density at radius 3 is 2.74 bits per heavy atom. The molecule has 0 fully saturated rings. The van der Waals surface area contributed by atoms with E-state index in [0.717, 1.165) is 12.1 Å². The maximum absolute atomic E-state index is 12.0. The molecule has 1 heterocycles. The minimum atomic E-state index is -3.08. The summed E-state index contributed by atoms with van der Waals surface area (Å²) in [4.78, 5) is 2.65. The first-order valence-electron chi connectivity index (χ1n) is 6.63. The molecular formula is C14H22N2O2S. The van der Waals surface area contributed by atoms with Gasteiger partial charge in [0, 0.05) is 18.6 Å². The van der Waals surface area contributed by atoms with E-state index in [2.05, 4.69) is 17.1 Å². The Morgan fingerprint density at radius 1 is 1.37 bits per heavy atom. The fraction of sp³-hybridized carbons (Fsp3) is 0.571. The Kier molecular flexibility index (Phi) is 4.28. The van der Waals surface area contributed by atoms with Gasteiger partial charge in [0.25, 0.3) is 0 Å². The number of likely N-dealkylation sites (N-methyl/N-ethyl adjacent to an activating group) is 1. The van der Waals surface area contributed by atoms with Crippen molar-refractivity contribution >= 4 is 9.84 Å². The van der Waals surface area contributed by atoms with E-state index in [9.17, 15) is 8.42 Å². The molecule has 2 unspecified atom stereocenters.